The molecule has 0 saturated carbocycles. The summed E-state index contributed by atoms with van der Waals surface area (Å²) in [5, 5.41) is 11.9. The van der Waals surface area contributed by atoms with Gasteiger partial charge in [-0.2, -0.15) is 0 Å². The van der Waals surface area contributed by atoms with Crippen molar-refractivity contribution in [2.24, 2.45) is 11.3 Å². The van der Waals surface area contributed by atoms with Gasteiger partial charge >= 0.3 is 12.1 Å². The number of benzene rings is 2. The first kappa shape index (κ1) is 24.3. The summed E-state index contributed by atoms with van der Waals surface area (Å²) >= 11 is 0. The number of carboxylic acids is 1. The number of likely N-dealkylation sites (N-methyl/N-ethyl adjacent to an activating group) is 1. The normalized spacial score (nSPS) is 14.6. The van der Waals surface area contributed by atoms with Crippen LogP contribution in [0.1, 0.15) is 44.7 Å². The number of rotatable bonds is 7. The Labute approximate surface area is 194 Å². The molecule has 7 nitrogen and oxygen atoms in total. The van der Waals surface area contributed by atoms with E-state index in [1.165, 1.54) is 11.8 Å². The second-order valence-corrected chi connectivity index (χ2v) is 9.73. The zero-order chi connectivity index (χ0) is 24.3. The summed E-state index contributed by atoms with van der Waals surface area (Å²) in [6, 6.07) is 15.3. The maximum atomic E-state index is 13.0. The molecule has 2 amide bonds. The topological polar surface area (TPSA) is 95.9 Å². The van der Waals surface area contributed by atoms with Crippen molar-refractivity contribution in [1.82, 2.24) is 10.2 Å². The summed E-state index contributed by atoms with van der Waals surface area (Å²) in [4.78, 5) is 38.3. The van der Waals surface area contributed by atoms with Crippen molar-refractivity contribution in [2.75, 3.05) is 20.2 Å². The summed E-state index contributed by atoms with van der Waals surface area (Å²) in [7, 11) is 1.54. The van der Waals surface area contributed by atoms with E-state index in [9.17, 15) is 14.4 Å². The number of alkyl carbamates (subject to hydrolysis) is 1. The van der Waals surface area contributed by atoms with Crippen molar-refractivity contribution in [3.8, 4) is 11.1 Å². The number of fused-ring (bicyclic) bond motifs is 3. The minimum absolute atomic E-state index is 0.0487. The van der Waals surface area contributed by atoms with Crippen molar-refractivity contribution in [1.29, 1.82) is 0 Å². The molecule has 3 rings (SSSR count). The first-order valence-corrected chi connectivity index (χ1v) is 11.1. The Morgan fingerprint density at radius 2 is 1.55 bits per heavy atom. The van der Waals surface area contributed by atoms with Crippen LogP contribution in [0.25, 0.3) is 11.1 Å². The Bertz CT molecular complexity index is 997. The van der Waals surface area contributed by atoms with Gasteiger partial charge in [0.1, 0.15) is 12.6 Å². The van der Waals surface area contributed by atoms with Gasteiger partial charge in [-0.1, -0.05) is 76.2 Å². The molecule has 1 aliphatic rings. The largest absolute Gasteiger partial charge is 0.481 e. The molecule has 176 valence electrons. The number of carbonyl (C=O) groups is 3. The molecule has 2 atom stereocenters. The quantitative estimate of drug-likeness (QED) is 0.659. The summed E-state index contributed by atoms with van der Waals surface area (Å²) in [6.07, 6.45) is -0.676. The Morgan fingerprint density at radius 1 is 1.03 bits per heavy atom. The lowest BCUT2D eigenvalue weighted by molar-refractivity contribution is -0.143. The molecule has 0 saturated heterocycles. The van der Waals surface area contributed by atoms with E-state index in [4.69, 9.17) is 9.84 Å². The Balaban J connectivity index is 1.69. The molecule has 0 fully saturated rings. The van der Waals surface area contributed by atoms with E-state index in [1.54, 1.807) is 7.05 Å². The van der Waals surface area contributed by atoms with Crippen LogP contribution in [0.5, 0.6) is 0 Å². The van der Waals surface area contributed by atoms with E-state index >= 15 is 0 Å². The summed E-state index contributed by atoms with van der Waals surface area (Å²) in [5.74, 6) is -2.13. The van der Waals surface area contributed by atoms with Crippen LogP contribution in [0.3, 0.4) is 0 Å². The van der Waals surface area contributed by atoms with Gasteiger partial charge in [-0.3, -0.25) is 9.59 Å². The van der Waals surface area contributed by atoms with Gasteiger partial charge in [-0.25, -0.2) is 4.79 Å². The third-order valence-corrected chi connectivity index (χ3v) is 6.06. The highest BCUT2D eigenvalue weighted by molar-refractivity contribution is 5.87. The second-order valence-electron chi connectivity index (χ2n) is 9.73. The van der Waals surface area contributed by atoms with Crippen LogP contribution in [-0.2, 0) is 14.3 Å². The van der Waals surface area contributed by atoms with Gasteiger partial charge < -0.3 is 20.1 Å². The number of hydrogen-bond acceptors (Lipinski definition) is 4. The number of ether oxygens (including phenoxy) is 1. The third-order valence-electron chi connectivity index (χ3n) is 6.06. The molecule has 2 aromatic carbocycles. The first-order chi connectivity index (χ1) is 15.5. The van der Waals surface area contributed by atoms with Crippen LogP contribution in [0.4, 0.5) is 4.79 Å². The van der Waals surface area contributed by atoms with Crippen molar-refractivity contribution in [2.45, 2.75) is 39.7 Å². The summed E-state index contributed by atoms with van der Waals surface area (Å²) < 4.78 is 5.60. The van der Waals surface area contributed by atoms with Gasteiger partial charge in [0.25, 0.3) is 0 Å². The molecule has 2 N–H and O–H groups in total. The molecule has 33 heavy (non-hydrogen) atoms. The molecule has 0 spiro atoms. The molecule has 2 aromatic rings. The van der Waals surface area contributed by atoms with Crippen LogP contribution in [-0.4, -0.2) is 54.2 Å². The van der Waals surface area contributed by atoms with E-state index in [0.717, 1.165) is 22.3 Å². The van der Waals surface area contributed by atoms with Crippen molar-refractivity contribution >= 4 is 18.0 Å². The molecule has 1 unspecified atom stereocenters. The van der Waals surface area contributed by atoms with E-state index in [0.29, 0.717) is 0 Å². The average molecular weight is 453 g/mol. The summed E-state index contributed by atoms with van der Waals surface area (Å²) in [5.41, 5.74) is 3.90. The standard InChI is InChI=1S/C26H32N2O5/c1-16(24(30)31)14-28(5)23(29)22(26(2,3)4)27-25(32)33-15-21-19-12-8-6-10-17(19)18-11-7-9-13-20(18)21/h6-13,16,21-22H,14-15H2,1-5H3,(H,27,32)(H,30,31)/t16?,22-/m0/s1. The number of amides is 2. The van der Waals surface area contributed by atoms with Crippen molar-refractivity contribution < 1.29 is 24.2 Å². The number of aliphatic carboxylic acids is 1. The molecule has 0 bridgehead atoms. The van der Waals surface area contributed by atoms with Gasteiger partial charge in [0.2, 0.25) is 5.91 Å². The highest BCUT2D eigenvalue weighted by Crippen LogP contribution is 2.44. The molecule has 0 radical (unpaired) electrons. The fraction of sp³-hybridized carbons (Fsp3) is 0.423. The van der Waals surface area contributed by atoms with Crippen LogP contribution in [0.2, 0.25) is 0 Å². The number of nitrogens with one attached hydrogen (secondary N) is 1. The second kappa shape index (κ2) is 9.65. The first-order valence-electron chi connectivity index (χ1n) is 11.1. The van der Waals surface area contributed by atoms with E-state index < -0.39 is 29.4 Å². The monoisotopic (exact) mass is 452 g/mol. The van der Waals surface area contributed by atoms with Crippen molar-refractivity contribution in [3.63, 3.8) is 0 Å². The van der Waals surface area contributed by atoms with Gasteiger partial charge in [-0.05, 0) is 27.7 Å². The lowest BCUT2D eigenvalue weighted by atomic mass is 9.86. The zero-order valence-corrected chi connectivity index (χ0v) is 19.8. The fourth-order valence-corrected chi connectivity index (χ4v) is 4.21. The van der Waals surface area contributed by atoms with E-state index in [1.807, 2.05) is 57.2 Å². The number of carboxylic acid groups (broad SMARTS) is 1. The van der Waals surface area contributed by atoms with E-state index in [-0.39, 0.29) is 25.0 Å². The average Bonchev–Trinajstić information content (AvgIpc) is 3.08. The molecule has 0 aliphatic heterocycles. The van der Waals surface area contributed by atoms with Gasteiger partial charge in [-0.15, -0.1) is 0 Å². The minimum Gasteiger partial charge on any atom is -0.481 e. The van der Waals surface area contributed by atoms with Crippen LogP contribution < -0.4 is 5.32 Å². The SMILES string of the molecule is CC(CN(C)C(=O)[C@H](NC(=O)OCC1c2ccccc2-c2ccccc21)C(C)(C)C)C(=O)O. The third kappa shape index (κ3) is 5.35. The van der Waals surface area contributed by atoms with E-state index in [2.05, 4.69) is 17.4 Å². The van der Waals surface area contributed by atoms with Gasteiger partial charge in [0, 0.05) is 19.5 Å². The minimum atomic E-state index is -0.980. The Morgan fingerprint density at radius 3 is 2.03 bits per heavy atom. The highest BCUT2D eigenvalue weighted by atomic mass is 16.5. The summed E-state index contributed by atoms with van der Waals surface area (Å²) in [6.45, 7) is 7.26. The molecule has 1 aliphatic carbocycles. The van der Waals surface area contributed by atoms with Crippen LogP contribution >= 0.6 is 0 Å². The van der Waals surface area contributed by atoms with Gasteiger partial charge in [0.05, 0.1) is 5.92 Å². The highest BCUT2D eigenvalue weighted by Gasteiger charge is 2.36. The zero-order valence-electron chi connectivity index (χ0n) is 19.8. The lowest BCUT2D eigenvalue weighted by Crippen LogP contribution is -2.54. The maximum Gasteiger partial charge on any atom is 0.407 e. The van der Waals surface area contributed by atoms with Crippen LogP contribution in [0, 0.1) is 11.3 Å². The smallest absolute Gasteiger partial charge is 0.407 e. The van der Waals surface area contributed by atoms with Gasteiger partial charge in [0.15, 0.2) is 0 Å². The number of nitrogens with zero attached hydrogens (tertiary/aromatic N) is 1. The predicted octanol–water partition coefficient (Wildman–Crippen LogP) is 4.12. The lowest BCUT2D eigenvalue weighted by Gasteiger charge is -2.33. The molecule has 0 heterocycles. The molecule has 0 aromatic heterocycles. The molecule has 7 heteroatoms. The maximum absolute atomic E-state index is 13.0. The fourth-order valence-electron chi connectivity index (χ4n) is 4.21. The number of carbonyl (C=O) groups excluding carboxylic acids is 2. The van der Waals surface area contributed by atoms with Crippen molar-refractivity contribution in [3.05, 3.63) is 59.7 Å². The van der Waals surface area contributed by atoms with Crippen LogP contribution in [0.15, 0.2) is 48.5 Å². The number of hydrogen-bond donors (Lipinski definition) is 2. The Hall–Kier alpha value is -3.35. The molecular weight excluding hydrogens is 420 g/mol. The Kier molecular flexibility index (Phi) is 7.10. The predicted molar refractivity (Wildman–Crippen MR) is 126 cm³/mol. The molecular formula is C26H32N2O5.